The number of benzene rings is 1. The normalized spacial score (nSPS) is 22.9. The quantitative estimate of drug-likeness (QED) is 0.732. The van der Waals surface area contributed by atoms with Crippen molar-refractivity contribution in [1.29, 1.82) is 0 Å². The van der Waals surface area contributed by atoms with Gasteiger partial charge in [0, 0.05) is 57.8 Å². The first-order chi connectivity index (χ1) is 14.1. The number of hydrogen-bond acceptors (Lipinski definition) is 3. The van der Waals surface area contributed by atoms with E-state index in [0.29, 0.717) is 37.8 Å². The Labute approximate surface area is 180 Å². The van der Waals surface area contributed by atoms with Crippen molar-refractivity contribution in [2.75, 3.05) is 44.2 Å². The summed E-state index contributed by atoms with van der Waals surface area (Å²) in [6, 6.07) is 6.50. The highest BCUT2D eigenvalue weighted by Gasteiger charge is 2.33. The van der Waals surface area contributed by atoms with Crippen LogP contribution in [-0.4, -0.2) is 60.9 Å². The Balaban J connectivity index is 1.48. The summed E-state index contributed by atoms with van der Waals surface area (Å²) in [5, 5.41) is 0. The van der Waals surface area contributed by atoms with Gasteiger partial charge in [-0.3, -0.25) is 9.59 Å². The summed E-state index contributed by atoms with van der Waals surface area (Å²) >= 11 is 0. The molecule has 2 heterocycles. The van der Waals surface area contributed by atoms with E-state index in [-0.39, 0.29) is 23.0 Å². The number of hydrogen-bond donors (Lipinski definition) is 0. The molecule has 2 aliphatic heterocycles. The van der Waals surface area contributed by atoms with Gasteiger partial charge in [0.25, 0.3) is 0 Å². The van der Waals surface area contributed by atoms with Gasteiger partial charge >= 0.3 is 0 Å². The number of piperazine rings is 1. The van der Waals surface area contributed by atoms with E-state index in [0.717, 1.165) is 31.9 Å². The van der Waals surface area contributed by atoms with Gasteiger partial charge in [0.2, 0.25) is 11.8 Å². The lowest BCUT2D eigenvalue weighted by molar-refractivity contribution is -0.138. The Kier molecular flexibility index (Phi) is 7.04. The minimum Gasteiger partial charge on any atom is -0.368 e. The van der Waals surface area contributed by atoms with E-state index < -0.39 is 0 Å². The van der Waals surface area contributed by atoms with Crippen LogP contribution in [0.2, 0.25) is 0 Å². The van der Waals surface area contributed by atoms with Gasteiger partial charge in [-0.05, 0) is 47.9 Å². The second-order valence-electron chi connectivity index (χ2n) is 10.1. The topological polar surface area (TPSA) is 43.9 Å². The number of halogens is 1. The molecule has 0 aromatic heterocycles. The van der Waals surface area contributed by atoms with Crippen molar-refractivity contribution in [3.8, 4) is 0 Å². The Morgan fingerprint density at radius 1 is 0.900 bits per heavy atom. The van der Waals surface area contributed by atoms with Crippen molar-refractivity contribution in [1.82, 2.24) is 9.80 Å². The van der Waals surface area contributed by atoms with E-state index in [1.54, 1.807) is 12.1 Å². The zero-order valence-corrected chi connectivity index (χ0v) is 18.9. The fourth-order valence-electron chi connectivity index (χ4n) is 4.84. The third kappa shape index (κ3) is 5.96. The molecule has 0 unspecified atom stereocenters. The van der Waals surface area contributed by atoms with Gasteiger partial charge in [-0.2, -0.15) is 0 Å². The van der Waals surface area contributed by atoms with Crippen molar-refractivity contribution in [3.63, 3.8) is 0 Å². The van der Waals surface area contributed by atoms with Gasteiger partial charge in [0.05, 0.1) is 0 Å². The molecule has 0 aliphatic carbocycles. The summed E-state index contributed by atoms with van der Waals surface area (Å²) in [5.41, 5.74) is 0.631. The molecule has 5 nitrogen and oxygen atoms in total. The molecule has 2 atom stereocenters. The van der Waals surface area contributed by atoms with Crippen molar-refractivity contribution in [3.05, 3.63) is 30.1 Å². The molecule has 30 heavy (non-hydrogen) atoms. The molecule has 2 saturated heterocycles. The lowest BCUT2D eigenvalue weighted by Crippen LogP contribution is -2.50. The maximum absolute atomic E-state index is 13.1. The lowest BCUT2D eigenvalue weighted by Gasteiger charge is -2.39. The van der Waals surface area contributed by atoms with E-state index in [1.165, 1.54) is 18.6 Å². The lowest BCUT2D eigenvalue weighted by atomic mass is 9.83. The van der Waals surface area contributed by atoms with Crippen molar-refractivity contribution in [2.45, 2.75) is 47.0 Å². The maximum Gasteiger partial charge on any atom is 0.223 e. The number of carbonyl (C=O) groups is 2. The fraction of sp³-hybridized carbons (Fsp3) is 0.667. The molecule has 3 rings (SSSR count). The smallest absolute Gasteiger partial charge is 0.223 e. The first-order valence-corrected chi connectivity index (χ1v) is 11.2. The van der Waals surface area contributed by atoms with Crippen LogP contribution in [0.5, 0.6) is 0 Å². The monoisotopic (exact) mass is 417 g/mol. The van der Waals surface area contributed by atoms with Crippen LogP contribution in [0.25, 0.3) is 0 Å². The van der Waals surface area contributed by atoms with Gasteiger partial charge in [0.15, 0.2) is 0 Å². The van der Waals surface area contributed by atoms with Crippen LogP contribution in [0.3, 0.4) is 0 Å². The minimum absolute atomic E-state index is 0.118. The van der Waals surface area contributed by atoms with Crippen LogP contribution in [0, 0.1) is 23.1 Å². The van der Waals surface area contributed by atoms with Crippen LogP contribution in [0.4, 0.5) is 10.1 Å². The molecule has 6 heteroatoms. The number of amides is 2. The standard InChI is InChI=1S/C24H36FN3O2/c1-18-13-19(2)17-28(16-18)23(30)15-24(3,4)14-22(29)27-11-9-26(10-12-27)21-7-5-20(25)6-8-21/h5-8,18-19H,9-17H2,1-4H3/t18-,19-/m0/s1. The van der Waals surface area contributed by atoms with Crippen LogP contribution in [0.15, 0.2) is 24.3 Å². The average molecular weight is 418 g/mol. The van der Waals surface area contributed by atoms with Crippen LogP contribution >= 0.6 is 0 Å². The molecule has 2 aliphatic rings. The van der Waals surface area contributed by atoms with Crippen LogP contribution < -0.4 is 4.90 Å². The van der Waals surface area contributed by atoms with Crippen molar-refractivity contribution < 1.29 is 14.0 Å². The molecule has 0 bridgehead atoms. The van der Waals surface area contributed by atoms with Gasteiger partial charge in [-0.1, -0.05) is 27.7 Å². The third-order valence-electron chi connectivity index (χ3n) is 6.31. The minimum atomic E-state index is -0.355. The summed E-state index contributed by atoms with van der Waals surface area (Å²) in [6.07, 6.45) is 1.97. The summed E-state index contributed by atoms with van der Waals surface area (Å²) < 4.78 is 13.1. The van der Waals surface area contributed by atoms with Gasteiger partial charge in [0.1, 0.15) is 5.82 Å². The predicted molar refractivity (Wildman–Crippen MR) is 118 cm³/mol. The number of likely N-dealkylation sites (tertiary alicyclic amines) is 1. The van der Waals surface area contributed by atoms with Crippen LogP contribution in [-0.2, 0) is 9.59 Å². The zero-order valence-electron chi connectivity index (χ0n) is 18.9. The number of nitrogens with zero attached hydrogens (tertiary/aromatic N) is 3. The van der Waals surface area contributed by atoms with Gasteiger partial charge < -0.3 is 14.7 Å². The molecule has 0 radical (unpaired) electrons. The Morgan fingerprint density at radius 2 is 1.40 bits per heavy atom. The van der Waals surface area contributed by atoms with Crippen LogP contribution in [0.1, 0.15) is 47.0 Å². The van der Waals surface area contributed by atoms with Crippen molar-refractivity contribution in [2.24, 2.45) is 17.3 Å². The van der Waals surface area contributed by atoms with Crippen molar-refractivity contribution >= 4 is 17.5 Å². The number of anilines is 1. The second-order valence-corrected chi connectivity index (χ2v) is 10.1. The molecular weight excluding hydrogens is 381 g/mol. The first-order valence-electron chi connectivity index (χ1n) is 11.2. The summed E-state index contributed by atoms with van der Waals surface area (Å²) in [7, 11) is 0. The highest BCUT2D eigenvalue weighted by Crippen LogP contribution is 2.30. The molecule has 0 spiro atoms. The SMILES string of the molecule is C[C@H]1C[C@H](C)CN(C(=O)CC(C)(C)CC(=O)N2CCN(c3ccc(F)cc3)CC2)C1. The largest absolute Gasteiger partial charge is 0.368 e. The summed E-state index contributed by atoms with van der Waals surface area (Å²) in [4.78, 5) is 31.8. The van der Waals surface area contributed by atoms with E-state index >= 15 is 0 Å². The molecule has 2 fully saturated rings. The summed E-state index contributed by atoms with van der Waals surface area (Å²) in [5.74, 6) is 1.14. The molecule has 2 amide bonds. The maximum atomic E-state index is 13.1. The number of rotatable bonds is 5. The molecule has 166 valence electrons. The van der Waals surface area contributed by atoms with E-state index in [2.05, 4.69) is 18.7 Å². The summed E-state index contributed by atoms with van der Waals surface area (Å²) in [6.45, 7) is 12.9. The van der Waals surface area contributed by atoms with Gasteiger partial charge in [-0.15, -0.1) is 0 Å². The zero-order chi connectivity index (χ0) is 21.9. The Bertz CT molecular complexity index is 731. The molecule has 1 aromatic rings. The number of carbonyl (C=O) groups excluding carboxylic acids is 2. The first kappa shape index (κ1) is 22.6. The molecule has 0 saturated carbocycles. The molecule has 0 N–H and O–H groups in total. The fourth-order valence-corrected chi connectivity index (χ4v) is 4.84. The predicted octanol–water partition coefficient (Wildman–Crippen LogP) is 3.79. The van der Waals surface area contributed by atoms with E-state index in [9.17, 15) is 14.0 Å². The average Bonchev–Trinajstić information content (AvgIpc) is 2.67. The third-order valence-corrected chi connectivity index (χ3v) is 6.31. The Morgan fingerprint density at radius 3 is 1.93 bits per heavy atom. The van der Waals surface area contributed by atoms with Gasteiger partial charge in [-0.25, -0.2) is 4.39 Å². The highest BCUT2D eigenvalue weighted by atomic mass is 19.1. The molecular formula is C24H36FN3O2. The second kappa shape index (κ2) is 9.36. The Hall–Kier alpha value is -2.11. The molecule has 1 aromatic carbocycles. The number of piperidine rings is 1. The van der Waals surface area contributed by atoms with E-state index in [1.807, 2.05) is 23.6 Å². The highest BCUT2D eigenvalue weighted by molar-refractivity contribution is 5.80. The van der Waals surface area contributed by atoms with E-state index in [4.69, 9.17) is 0 Å².